The highest BCUT2D eigenvalue weighted by Gasteiger charge is 1.97. The lowest BCUT2D eigenvalue weighted by molar-refractivity contribution is -0.118. The molecule has 4 nitrogen and oxygen atoms in total. The fraction of sp³-hybridized carbons (Fsp3) is 0.667. The van der Waals surface area contributed by atoms with Gasteiger partial charge in [0.25, 0.3) is 0 Å². The van der Waals surface area contributed by atoms with Crippen LogP contribution in [0.1, 0.15) is 0 Å². The summed E-state index contributed by atoms with van der Waals surface area (Å²) >= 11 is 0. The van der Waals surface area contributed by atoms with Crippen molar-refractivity contribution in [3.05, 3.63) is 4.91 Å². The van der Waals surface area contributed by atoms with E-state index in [4.69, 9.17) is 0 Å². The van der Waals surface area contributed by atoms with Gasteiger partial charge < -0.3 is 5.32 Å². The topological polar surface area (TPSA) is 58.5 Å². The van der Waals surface area contributed by atoms with Crippen molar-refractivity contribution >= 4 is 13.3 Å². The van der Waals surface area contributed by atoms with Crippen molar-refractivity contribution in [1.82, 2.24) is 5.32 Å². The highest BCUT2D eigenvalue weighted by molar-refractivity contribution is 6.39. The number of rotatable bonds is 3. The van der Waals surface area contributed by atoms with E-state index < -0.39 is 0 Å². The smallest absolute Gasteiger partial charge is 0.346 e. The van der Waals surface area contributed by atoms with Gasteiger partial charge in [-0.05, 0) is 0 Å². The molecule has 0 bridgehead atoms. The highest BCUT2D eigenvalue weighted by Crippen LogP contribution is 1.76. The van der Waals surface area contributed by atoms with Crippen LogP contribution in [0, 0.1) is 4.91 Å². The Labute approximate surface area is 47.9 Å². The normalized spacial score (nSPS) is 7.62. The van der Waals surface area contributed by atoms with Gasteiger partial charge >= 0.3 is 7.41 Å². The predicted molar refractivity (Wildman–Crippen MR) is 30.4 cm³/mol. The van der Waals surface area contributed by atoms with E-state index in [0.717, 1.165) is 7.41 Å². The van der Waals surface area contributed by atoms with E-state index in [1.807, 2.05) is 0 Å². The maximum atomic E-state index is 10.2. The molecular weight excluding hydrogens is 107 g/mol. The van der Waals surface area contributed by atoms with Gasteiger partial charge in [-0.3, -0.25) is 4.79 Å². The van der Waals surface area contributed by atoms with E-state index in [9.17, 15) is 9.70 Å². The molecule has 0 aliphatic rings. The summed E-state index contributed by atoms with van der Waals surface area (Å²) in [5, 5.41) is 4.72. The first kappa shape index (κ1) is 7.13. The van der Waals surface area contributed by atoms with Gasteiger partial charge in [0, 0.05) is 13.4 Å². The van der Waals surface area contributed by atoms with Gasteiger partial charge in [0.15, 0.2) is 0 Å². The summed E-state index contributed by atoms with van der Waals surface area (Å²) in [6, 6.07) is 0. The molecule has 0 heterocycles. The molecule has 8 heavy (non-hydrogen) atoms. The lowest BCUT2D eigenvalue weighted by Gasteiger charge is -1.89. The van der Waals surface area contributed by atoms with E-state index in [2.05, 4.69) is 10.4 Å². The van der Waals surface area contributed by atoms with Gasteiger partial charge in [-0.15, -0.1) is 5.09 Å². The summed E-state index contributed by atoms with van der Waals surface area (Å²) in [4.78, 5) is 19.6. The Morgan fingerprint density at radius 2 is 2.50 bits per heavy atom. The molecule has 1 N–H and O–H groups in total. The molecule has 0 aromatic carbocycles. The third-order valence-corrected chi connectivity index (χ3v) is 0.630. The molecule has 0 saturated heterocycles. The van der Waals surface area contributed by atoms with Crippen LogP contribution in [0.5, 0.6) is 0 Å². The van der Waals surface area contributed by atoms with Crippen molar-refractivity contribution in [1.29, 1.82) is 0 Å². The van der Waals surface area contributed by atoms with Crippen molar-refractivity contribution in [2.45, 2.75) is 6.32 Å². The fourth-order valence-corrected chi connectivity index (χ4v) is 0.222. The van der Waals surface area contributed by atoms with Crippen molar-refractivity contribution in [2.24, 2.45) is 5.09 Å². The van der Waals surface area contributed by atoms with Crippen LogP contribution < -0.4 is 5.32 Å². The van der Waals surface area contributed by atoms with Gasteiger partial charge in [0.1, 0.15) is 0 Å². The Balaban J connectivity index is 3.11. The van der Waals surface area contributed by atoms with E-state index in [1.54, 1.807) is 0 Å². The number of nitrogens with one attached hydrogen (secondary N) is 1. The molecule has 0 aliphatic heterocycles. The monoisotopic (exact) mass is 113 g/mol. The standard InChI is InChI=1S/C3H6BN2O2/c1-5-3(7)2-4-6-8/h2H2,1H3,(H,5,7). The van der Waals surface area contributed by atoms with Gasteiger partial charge in [-0.25, -0.2) is 0 Å². The molecule has 1 radical (unpaired) electrons. The number of nitroso groups, excluding NO2 is 1. The second kappa shape index (κ2) is 4.30. The molecule has 0 aliphatic carbocycles. The third kappa shape index (κ3) is 3.33. The quantitative estimate of drug-likeness (QED) is 0.397. The lowest BCUT2D eigenvalue weighted by Crippen LogP contribution is -2.18. The molecule has 0 saturated carbocycles. The van der Waals surface area contributed by atoms with Crippen LogP contribution in [-0.4, -0.2) is 20.4 Å². The molecule has 0 atom stereocenters. The average Bonchev–Trinajstić information content (AvgIpc) is 1.83. The second-order valence-electron chi connectivity index (χ2n) is 1.17. The molecule has 0 aromatic rings. The zero-order valence-corrected chi connectivity index (χ0v) is 4.55. The molecule has 1 amide bonds. The molecule has 0 spiro atoms. The Kier molecular flexibility index (Phi) is 3.83. The van der Waals surface area contributed by atoms with Crippen molar-refractivity contribution in [3.8, 4) is 0 Å². The largest absolute Gasteiger partial charge is 0.360 e. The van der Waals surface area contributed by atoms with E-state index in [0.29, 0.717) is 0 Å². The van der Waals surface area contributed by atoms with Crippen LogP contribution in [0.4, 0.5) is 0 Å². The average molecular weight is 113 g/mol. The minimum absolute atomic E-state index is 0.0694. The summed E-state index contributed by atoms with van der Waals surface area (Å²) in [5.41, 5.74) is 0. The summed E-state index contributed by atoms with van der Waals surface area (Å²) in [7, 11) is 2.51. The van der Waals surface area contributed by atoms with Crippen molar-refractivity contribution < 1.29 is 4.79 Å². The lowest BCUT2D eigenvalue weighted by atomic mass is 9.91. The van der Waals surface area contributed by atoms with Gasteiger partial charge in [0.05, 0.1) is 0 Å². The summed E-state index contributed by atoms with van der Waals surface area (Å²) in [5.74, 6) is -0.204. The van der Waals surface area contributed by atoms with Crippen LogP contribution >= 0.6 is 0 Å². The van der Waals surface area contributed by atoms with E-state index in [-0.39, 0.29) is 12.2 Å². The summed E-state index contributed by atoms with van der Waals surface area (Å²) in [6.45, 7) is 0. The van der Waals surface area contributed by atoms with E-state index >= 15 is 0 Å². The highest BCUT2D eigenvalue weighted by atomic mass is 16.2. The van der Waals surface area contributed by atoms with Gasteiger partial charge in [-0.2, -0.15) is 4.91 Å². The number of hydrogen-bond donors (Lipinski definition) is 1. The SMILES string of the molecule is CNC(=O)C[B]N=O. The first-order valence-corrected chi connectivity index (χ1v) is 2.16. The minimum atomic E-state index is -0.204. The van der Waals surface area contributed by atoms with Crippen LogP contribution in [0.3, 0.4) is 0 Å². The molecule has 0 rings (SSSR count). The van der Waals surface area contributed by atoms with Crippen molar-refractivity contribution in [3.63, 3.8) is 0 Å². The molecule has 43 valence electrons. The molecule has 0 aromatic heterocycles. The maximum Gasteiger partial charge on any atom is 0.346 e. The summed E-state index contributed by atoms with van der Waals surface area (Å²) in [6.07, 6.45) is 0.0694. The number of carbonyl (C=O) groups excluding carboxylic acids is 1. The van der Waals surface area contributed by atoms with Crippen LogP contribution in [-0.2, 0) is 4.79 Å². The first-order chi connectivity index (χ1) is 3.81. The predicted octanol–water partition coefficient (Wildman–Crippen LogP) is -0.464. The molecule has 0 fully saturated rings. The minimum Gasteiger partial charge on any atom is -0.360 e. The Morgan fingerprint density at radius 1 is 1.88 bits per heavy atom. The fourth-order valence-electron chi connectivity index (χ4n) is 0.222. The molecular formula is C3H6BN2O2. The molecule has 0 unspecified atom stereocenters. The number of carbonyl (C=O) groups is 1. The van der Waals surface area contributed by atoms with Crippen LogP contribution in [0.25, 0.3) is 0 Å². The zero-order valence-electron chi connectivity index (χ0n) is 4.55. The van der Waals surface area contributed by atoms with Crippen LogP contribution in [0.2, 0.25) is 6.32 Å². The van der Waals surface area contributed by atoms with E-state index in [1.165, 1.54) is 7.05 Å². The number of amides is 1. The van der Waals surface area contributed by atoms with Crippen molar-refractivity contribution in [2.75, 3.05) is 7.05 Å². The maximum absolute atomic E-state index is 10.2. The summed E-state index contributed by atoms with van der Waals surface area (Å²) < 4.78 is 0. The number of nitrogens with zero attached hydrogens (tertiary/aromatic N) is 1. The molecule has 5 heteroatoms. The Bertz CT molecular complexity index is 95.3. The number of hydrogen-bond acceptors (Lipinski definition) is 3. The third-order valence-electron chi connectivity index (χ3n) is 0.630. The Morgan fingerprint density at radius 3 is 2.88 bits per heavy atom. The zero-order chi connectivity index (χ0) is 6.41. The van der Waals surface area contributed by atoms with Crippen LogP contribution in [0.15, 0.2) is 5.09 Å². The second-order valence-corrected chi connectivity index (χ2v) is 1.17. The van der Waals surface area contributed by atoms with Gasteiger partial charge in [0.2, 0.25) is 5.91 Å². The van der Waals surface area contributed by atoms with Gasteiger partial charge in [-0.1, -0.05) is 0 Å². The Hall–Kier alpha value is -0.865. The first-order valence-electron chi connectivity index (χ1n) is 2.16.